The number of ether oxygens (including phenoxy) is 1. The SMILES string of the molecule is CCCCNC(=O)[C@H](C)N(Cc1cccc(C)c1)C(=O)COc1ccc(Cl)cc1Br. The number of halogens is 2. The molecule has 0 heterocycles. The predicted octanol–water partition coefficient (Wildman–Crippen LogP) is 5.12. The topological polar surface area (TPSA) is 58.6 Å². The van der Waals surface area contributed by atoms with E-state index in [1.165, 1.54) is 0 Å². The van der Waals surface area contributed by atoms with Gasteiger partial charge in [0.1, 0.15) is 11.8 Å². The van der Waals surface area contributed by atoms with E-state index in [9.17, 15) is 9.59 Å². The maximum atomic E-state index is 13.0. The maximum absolute atomic E-state index is 13.0. The molecule has 0 radical (unpaired) electrons. The Hall–Kier alpha value is -2.05. The molecule has 162 valence electrons. The number of amides is 2. The van der Waals surface area contributed by atoms with Gasteiger partial charge in [0, 0.05) is 18.1 Å². The second-order valence-corrected chi connectivity index (χ2v) is 8.49. The van der Waals surface area contributed by atoms with E-state index in [2.05, 4.69) is 28.2 Å². The molecule has 0 unspecified atom stereocenters. The van der Waals surface area contributed by atoms with Crippen LogP contribution in [-0.4, -0.2) is 35.9 Å². The van der Waals surface area contributed by atoms with Crippen LogP contribution in [0.25, 0.3) is 0 Å². The normalized spacial score (nSPS) is 11.6. The molecule has 0 aliphatic carbocycles. The van der Waals surface area contributed by atoms with Gasteiger partial charge in [-0.3, -0.25) is 9.59 Å². The number of carbonyl (C=O) groups excluding carboxylic acids is 2. The Morgan fingerprint density at radius 1 is 1.23 bits per heavy atom. The molecule has 7 heteroatoms. The Morgan fingerprint density at radius 2 is 2.00 bits per heavy atom. The highest BCUT2D eigenvalue weighted by atomic mass is 79.9. The van der Waals surface area contributed by atoms with Gasteiger partial charge >= 0.3 is 0 Å². The molecular formula is C23H28BrClN2O3. The Labute approximate surface area is 191 Å². The zero-order valence-electron chi connectivity index (χ0n) is 17.6. The first kappa shape index (κ1) is 24.2. The van der Waals surface area contributed by atoms with Crippen LogP contribution in [0.5, 0.6) is 5.75 Å². The van der Waals surface area contributed by atoms with Crippen molar-refractivity contribution in [1.29, 1.82) is 0 Å². The number of unbranched alkanes of at least 4 members (excludes halogenated alkanes) is 1. The fourth-order valence-corrected chi connectivity index (χ4v) is 3.74. The zero-order valence-corrected chi connectivity index (χ0v) is 19.9. The molecule has 0 aliphatic rings. The molecule has 0 bridgehead atoms. The fraction of sp³-hybridized carbons (Fsp3) is 0.391. The number of hydrogen-bond donors (Lipinski definition) is 1. The van der Waals surface area contributed by atoms with Crippen molar-refractivity contribution < 1.29 is 14.3 Å². The molecule has 0 spiro atoms. The molecule has 30 heavy (non-hydrogen) atoms. The van der Waals surface area contributed by atoms with Crippen LogP contribution in [0.3, 0.4) is 0 Å². The first-order valence-corrected chi connectivity index (χ1v) is 11.2. The number of hydrogen-bond acceptors (Lipinski definition) is 3. The summed E-state index contributed by atoms with van der Waals surface area (Å²) in [7, 11) is 0. The maximum Gasteiger partial charge on any atom is 0.261 e. The lowest BCUT2D eigenvalue weighted by Crippen LogP contribution is -2.49. The van der Waals surface area contributed by atoms with E-state index in [0.29, 0.717) is 28.3 Å². The monoisotopic (exact) mass is 494 g/mol. The molecule has 0 aliphatic heterocycles. The Bertz CT molecular complexity index is 875. The molecule has 5 nitrogen and oxygen atoms in total. The molecule has 0 saturated carbocycles. The summed E-state index contributed by atoms with van der Waals surface area (Å²) in [5, 5.41) is 3.48. The number of nitrogens with one attached hydrogen (secondary N) is 1. The third-order valence-corrected chi connectivity index (χ3v) is 5.53. The van der Waals surface area contributed by atoms with Gasteiger partial charge in [-0.1, -0.05) is 54.8 Å². The van der Waals surface area contributed by atoms with Crippen molar-refractivity contribution in [2.75, 3.05) is 13.2 Å². The van der Waals surface area contributed by atoms with E-state index in [1.807, 2.05) is 31.2 Å². The van der Waals surface area contributed by atoms with Gasteiger partial charge in [0.15, 0.2) is 6.61 Å². The van der Waals surface area contributed by atoms with Gasteiger partial charge < -0.3 is 15.0 Å². The second kappa shape index (κ2) is 12.0. The first-order valence-electron chi connectivity index (χ1n) is 10.0. The van der Waals surface area contributed by atoms with Crippen LogP contribution in [0.15, 0.2) is 46.9 Å². The molecule has 0 aromatic heterocycles. The predicted molar refractivity (Wildman–Crippen MR) is 124 cm³/mol. The van der Waals surface area contributed by atoms with Crippen molar-refractivity contribution in [2.45, 2.75) is 46.2 Å². The average Bonchev–Trinajstić information content (AvgIpc) is 2.71. The molecule has 0 saturated heterocycles. The Balaban J connectivity index is 2.13. The van der Waals surface area contributed by atoms with Crippen LogP contribution in [-0.2, 0) is 16.1 Å². The highest BCUT2D eigenvalue weighted by molar-refractivity contribution is 9.10. The van der Waals surface area contributed by atoms with Crippen LogP contribution in [0.4, 0.5) is 0 Å². The van der Waals surface area contributed by atoms with Crippen molar-refractivity contribution in [3.63, 3.8) is 0 Å². The van der Waals surface area contributed by atoms with E-state index >= 15 is 0 Å². The third kappa shape index (κ3) is 7.33. The van der Waals surface area contributed by atoms with E-state index < -0.39 is 6.04 Å². The molecular weight excluding hydrogens is 468 g/mol. The van der Waals surface area contributed by atoms with E-state index in [0.717, 1.165) is 24.0 Å². The smallest absolute Gasteiger partial charge is 0.261 e. The van der Waals surface area contributed by atoms with E-state index in [1.54, 1.807) is 30.0 Å². The molecule has 1 N–H and O–H groups in total. The standard InChI is InChI=1S/C23H28BrClN2O3/c1-4-5-11-26-23(29)17(3)27(14-18-8-6-7-16(2)12-18)22(28)15-30-21-10-9-19(25)13-20(21)24/h6-10,12-13,17H,4-5,11,14-15H2,1-3H3,(H,26,29)/t17-/m0/s1. The van der Waals surface area contributed by atoms with Crippen LogP contribution in [0, 0.1) is 6.92 Å². The molecule has 1 atom stereocenters. The van der Waals surface area contributed by atoms with Gasteiger partial charge in [0.05, 0.1) is 4.47 Å². The molecule has 2 aromatic carbocycles. The summed E-state index contributed by atoms with van der Waals surface area (Å²) in [5.41, 5.74) is 2.06. The number of benzene rings is 2. The average molecular weight is 496 g/mol. The first-order chi connectivity index (χ1) is 14.3. The molecule has 0 fully saturated rings. The summed E-state index contributed by atoms with van der Waals surface area (Å²) in [5.74, 6) is 0.0805. The van der Waals surface area contributed by atoms with Crippen molar-refractivity contribution in [2.24, 2.45) is 0 Å². The Morgan fingerprint density at radius 3 is 2.67 bits per heavy atom. The number of rotatable bonds is 10. The van der Waals surface area contributed by atoms with Gasteiger partial charge in [-0.25, -0.2) is 0 Å². The van der Waals surface area contributed by atoms with E-state index in [4.69, 9.17) is 16.3 Å². The van der Waals surface area contributed by atoms with Crippen LogP contribution in [0.1, 0.15) is 37.8 Å². The molecule has 2 rings (SSSR count). The Kier molecular flexibility index (Phi) is 9.66. The number of aryl methyl sites for hydroxylation is 1. The lowest BCUT2D eigenvalue weighted by molar-refractivity contribution is -0.142. The van der Waals surface area contributed by atoms with Gasteiger partial charge in [-0.15, -0.1) is 0 Å². The summed E-state index contributed by atoms with van der Waals surface area (Å²) >= 11 is 9.34. The van der Waals surface area contributed by atoms with Gasteiger partial charge in [-0.2, -0.15) is 0 Å². The molecule has 2 aromatic rings. The zero-order chi connectivity index (χ0) is 22.1. The van der Waals surface area contributed by atoms with Crippen molar-refractivity contribution >= 4 is 39.3 Å². The summed E-state index contributed by atoms with van der Waals surface area (Å²) in [6, 6.07) is 12.4. The minimum absolute atomic E-state index is 0.169. The minimum Gasteiger partial charge on any atom is -0.483 e. The minimum atomic E-state index is -0.618. The lowest BCUT2D eigenvalue weighted by atomic mass is 10.1. The molecule has 2 amide bonds. The quantitative estimate of drug-likeness (QED) is 0.465. The largest absolute Gasteiger partial charge is 0.483 e. The van der Waals surface area contributed by atoms with Gasteiger partial charge in [-0.05, 0) is 60.0 Å². The third-order valence-electron chi connectivity index (χ3n) is 4.68. The highest BCUT2D eigenvalue weighted by Gasteiger charge is 2.26. The summed E-state index contributed by atoms with van der Waals surface area (Å²) in [6.07, 6.45) is 1.89. The summed E-state index contributed by atoms with van der Waals surface area (Å²) < 4.78 is 6.36. The van der Waals surface area contributed by atoms with Crippen LogP contribution < -0.4 is 10.1 Å². The van der Waals surface area contributed by atoms with Gasteiger partial charge in [0.2, 0.25) is 5.91 Å². The second-order valence-electron chi connectivity index (χ2n) is 7.19. The number of carbonyl (C=O) groups is 2. The summed E-state index contributed by atoms with van der Waals surface area (Å²) in [6.45, 7) is 6.55. The van der Waals surface area contributed by atoms with Crippen molar-refractivity contribution in [3.05, 3.63) is 63.1 Å². The van der Waals surface area contributed by atoms with Gasteiger partial charge in [0.25, 0.3) is 5.91 Å². The lowest BCUT2D eigenvalue weighted by Gasteiger charge is -2.29. The van der Waals surface area contributed by atoms with E-state index in [-0.39, 0.29) is 18.4 Å². The van der Waals surface area contributed by atoms with Crippen LogP contribution >= 0.6 is 27.5 Å². The van der Waals surface area contributed by atoms with Crippen molar-refractivity contribution in [1.82, 2.24) is 10.2 Å². The number of nitrogens with zero attached hydrogens (tertiary/aromatic N) is 1. The van der Waals surface area contributed by atoms with Crippen LogP contribution in [0.2, 0.25) is 5.02 Å². The van der Waals surface area contributed by atoms with Crippen molar-refractivity contribution in [3.8, 4) is 5.75 Å². The fourth-order valence-electron chi connectivity index (χ4n) is 2.94. The highest BCUT2D eigenvalue weighted by Crippen LogP contribution is 2.28. The summed E-state index contributed by atoms with van der Waals surface area (Å²) in [4.78, 5) is 27.2.